The number of rotatable bonds is 7. The van der Waals surface area contributed by atoms with Crippen LogP contribution in [-0.2, 0) is 40.6 Å². The SMILES string of the molecule is COCCn1c(C)cnc1CC1CCN(S(=O)(=O)c2ccc3c(c2)CCC3)C1. The van der Waals surface area contributed by atoms with Gasteiger partial charge in [-0.1, -0.05) is 6.07 Å². The summed E-state index contributed by atoms with van der Waals surface area (Å²) >= 11 is 0. The number of sulfonamides is 1. The molecule has 1 unspecified atom stereocenters. The second-order valence-corrected chi connectivity index (χ2v) is 9.90. The first-order valence-corrected chi connectivity index (χ1v) is 11.5. The van der Waals surface area contributed by atoms with Crippen LogP contribution in [0.3, 0.4) is 0 Å². The van der Waals surface area contributed by atoms with E-state index >= 15 is 0 Å². The number of nitrogens with zero attached hydrogens (tertiary/aromatic N) is 3. The number of ether oxygens (including phenoxy) is 1. The van der Waals surface area contributed by atoms with Crippen LogP contribution in [-0.4, -0.2) is 49.1 Å². The molecule has 1 aliphatic carbocycles. The Bertz CT molecular complexity index is 952. The molecule has 0 bridgehead atoms. The Hall–Kier alpha value is -1.70. The number of methoxy groups -OCH3 is 1. The maximum atomic E-state index is 13.1. The number of aryl methyl sites for hydroxylation is 3. The van der Waals surface area contributed by atoms with Crippen molar-refractivity contribution in [3.05, 3.63) is 47.0 Å². The van der Waals surface area contributed by atoms with Gasteiger partial charge >= 0.3 is 0 Å². The zero-order chi connectivity index (χ0) is 19.7. The number of aromatic nitrogens is 2. The predicted molar refractivity (Wildman–Crippen MR) is 108 cm³/mol. The molecule has 0 amide bonds. The first-order chi connectivity index (χ1) is 13.5. The third-order valence-corrected chi connectivity index (χ3v) is 7.95. The Morgan fingerprint density at radius 2 is 2.07 bits per heavy atom. The van der Waals surface area contributed by atoms with E-state index in [0.29, 0.717) is 30.5 Å². The molecular weight excluding hydrogens is 374 g/mol. The molecule has 6 nitrogen and oxygen atoms in total. The van der Waals surface area contributed by atoms with Gasteiger partial charge in [0.2, 0.25) is 10.0 Å². The highest BCUT2D eigenvalue weighted by molar-refractivity contribution is 7.89. The maximum absolute atomic E-state index is 13.1. The number of fused-ring (bicyclic) bond motifs is 1. The predicted octanol–water partition coefficient (Wildman–Crippen LogP) is 2.58. The summed E-state index contributed by atoms with van der Waals surface area (Å²) in [6, 6.07) is 5.68. The van der Waals surface area contributed by atoms with Crippen LogP contribution in [0.1, 0.15) is 35.5 Å². The molecule has 1 aromatic heterocycles. The van der Waals surface area contributed by atoms with Crippen LogP contribution >= 0.6 is 0 Å². The minimum atomic E-state index is -3.42. The smallest absolute Gasteiger partial charge is 0.243 e. The largest absolute Gasteiger partial charge is 0.383 e. The van der Waals surface area contributed by atoms with Crippen LogP contribution < -0.4 is 0 Å². The average Bonchev–Trinajstić information content (AvgIpc) is 3.41. The second-order valence-electron chi connectivity index (χ2n) is 7.97. The summed E-state index contributed by atoms with van der Waals surface area (Å²) in [6.07, 6.45) is 6.74. The Balaban J connectivity index is 1.45. The molecule has 1 atom stereocenters. The summed E-state index contributed by atoms with van der Waals surface area (Å²) in [5.41, 5.74) is 3.62. The molecule has 1 aliphatic heterocycles. The average molecular weight is 404 g/mol. The monoisotopic (exact) mass is 403 g/mol. The van der Waals surface area contributed by atoms with E-state index in [1.165, 1.54) is 11.1 Å². The van der Waals surface area contributed by atoms with Crippen LogP contribution in [0, 0.1) is 12.8 Å². The summed E-state index contributed by atoms with van der Waals surface area (Å²) < 4.78 is 35.3. The maximum Gasteiger partial charge on any atom is 0.243 e. The first-order valence-electron chi connectivity index (χ1n) is 10.1. The summed E-state index contributed by atoms with van der Waals surface area (Å²) in [7, 11) is -1.72. The molecule has 2 heterocycles. The van der Waals surface area contributed by atoms with Gasteiger partial charge in [-0.3, -0.25) is 0 Å². The van der Waals surface area contributed by atoms with Crippen molar-refractivity contribution in [1.29, 1.82) is 0 Å². The molecule has 28 heavy (non-hydrogen) atoms. The zero-order valence-electron chi connectivity index (χ0n) is 16.7. The standard InChI is InChI=1S/C21H29N3O3S/c1-16-14-22-21(24(16)10-11-27-2)12-17-8-9-23(15-17)28(25,26)20-7-6-18-4-3-5-19(18)13-20/h6-7,13-14,17H,3-5,8-12,15H2,1-2H3. The quantitative estimate of drug-likeness (QED) is 0.713. The van der Waals surface area contributed by atoms with Crippen molar-refractivity contribution >= 4 is 10.0 Å². The van der Waals surface area contributed by atoms with Crippen molar-refractivity contribution in [2.45, 2.75) is 50.5 Å². The fourth-order valence-corrected chi connectivity index (χ4v) is 6.04. The molecule has 2 aliphatic rings. The summed E-state index contributed by atoms with van der Waals surface area (Å²) in [4.78, 5) is 5.01. The molecule has 7 heteroatoms. The molecule has 0 radical (unpaired) electrons. The van der Waals surface area contributed by atoms with E-state index in [0.717, 1.165) is 50.2 Å². The van der Waals surface area contributed by atoms with Gasteiger partial charge in [-0.15, -0.1) is 0 Å². The Morgan fingerprint density at radius 3 is 2.89 bits per heavy atom. The van der Waals surface area contributed by atoms with Crippen LogP contribution in [0.25, 0.3) is 0 Å². The van der Waals surface area contributed by atoms with Gasteiger partial charge in [0.15, 0.2) is 0 Å². The molecule has 0 N–H and O–H groups in total. The fraction of sp³-hybridized carbons (Fsp3) is 0.571. The number of imidazole rings is 1. The molecule has 1 fully saturated rings. The van der Waals surface area contributed by atoms with Gasteiger partial charge in [-0.05, 0) is 61.8 Å². The lowest BCUT2D eigenvalue weighted by Gasteiger charge is -2.18. The lowest BCUT2D eigenvalue weighted by Crippen LogP contribution is -2.29. The van der Waals surface area contributed by atoms with Crippen molar-refractivity contribution < 1.29 is 13.2 Å². The van der Waals surface area contributed by atoms with Crippen molar-refractivity contribution in [3.8, 4) is 0 Å². The molecule has 1 saturated heterocycles. The lowest BCUT2D eigenvalue weighted by atomic mass is 10.0. The molecule has 4 rings (SSSR count). The molecule has 1 aromatic carbocycles. The van der Waals surface area contributed by atoms with Gasteiger partial charge in [0.05, 0.1) is 11.5 Å². The third kappa shape index (κ3) is 3.75. The second kappa shape index (κ2) is 7.97. The number of hydrogen-bond acceptors (Lipinski definition) is 4. The zero-order valence-corrected chi connectivity index (χ0v) is 17.5. The van der Waals surface area contributed by atoms with E-state index in [-0.39, 0.29) is 0 Å². The summed E-state index contributed by atoms with van der Waals surface area (Å²) in [6.45, 7) is 4.62. The van der Waals surface area contributed by atoms with Crippen molar-refractivity contribution in [2.24, 2.45) is 5.92 Å². The highest BCUT2D eigenvalue weighted by Crippen LogP contribution is 2.30. The topological polar surface area (TPSA) is 64.4 Å². The minimum absolute atomic E-state index is 0.298. The Labute approximate surface area is 167 Å². The van der Waals surface area contributed by atoms with Crippen molar-refractivity contribution in [1.82, 2.24) is 13.9 Å². The van der Waals surface area contributed by atoms with Crippen LogP contribution in [0.5, 0.6) is 0 Å². The normalized spacial score (nSPS) is 20.0. The number of hydrogen-bond donors (Lipinski definition) is 0. The Morgan fingerprint density at radius 1 is 1.25 bits per heavy atom. The van der Waals surface area contributed by atoms with E-state index in [2.05, 4.69) is 9.55 Å². The fourth-order valence-electron chi connectivity index (χ4n) is 4.46. The lowest BCUT2D eigenvalue weighted by molar-refractivity contribution is 0.185. The molecule has 2 aromatic rings. The van der Waals surface area contributed by atoms with Gasteiger partial charge in [-0.25, -0.2) is 13.4 Å². The Kier molecular flexibility index (Phi) is 5.58. The minimum Gasteiger partial charge on any atom is -0.383 e. The van der Waals surface area contributed by atoms with Gasteiger partial charge in [-0.2, -0.15) is 4.31 Å². The molecule has 0 spiro atoms. The van der Waals surface area contributed by atoms with E-state index in [1.807, 2.05) is 25.3 Å². The molecular formula is C21H29N3O3S. The highest BCUT2D eigenvalue weighted by atomic mass is 32.2. The van der Waals surface area contributed by atoms with Crippen LogP contribution in [0.2, 0.25) is 0 Å². The van der Waals surface area contributed by atoms with E-state index in [1.54, 1.807) is 17.5 Å². The summed E-state index contributed by atoms with van der Waals surface area (Å²) in [5, 5.41) is 0. The highest BCUT2D eigenvalue weighted by Gasteiger charge is 2.33. The van der Waals surface area contributed by atoms with E-state index in [4.69, 9.17) is 4.74 Å². The van der Waals surface area contributed by atoms with Crippen molar-refractivity contribution in [3.63, 3.8) is 0 Å². The molecule has 152 valence electrons. The van der Waals surface area contributed by atoms with Gasteiger partial charge in [0, 0.05) is 45.1 Å². The number of benzene rings is 1. The van der Waals surface area contributed by atoms with Gasteiger partial charge in [0.1, 0.15) is 5.82 Å². The van der Waals surface area contributed by atoms with Crippen molar-refractivity contribution in [2.75, 3.05) is 26.8 Å². The van der Waals surface area contributed by atoms with Gasteiger partial charge in [0.25, 0.3) is 0 Å². The van der Waals surface area contributed by atoms with E-state index in [9.17, 15) is 8.42 Å². The van der Waals surface area contributed by atoms with Crippen LogP contribution in [0.4, 0.5) is 0 Å². The van der Waals surface area contributed by atoms with Crippen LogP contribution in [0.15, 0.2) is 29.3 Å². The van der Waals surface area contributed by atoms with Gasteiger partial charge < -0.3 is 9.30 Å². The van der Waals surface area contributed by atoms with E-state index < -0.39 is 10.0 Å². The molecule has 0 saturated carbocycles. The third-order valence-electron chi connectivity index (χ3n) is 6.08. The first kappa shape index (κ1) is 19.6. The summed E-state index contributed by atoms with van der Waals surface area (Å²) in [5.74, 6) is 1.32.